The highest BCUT2D eigenvalue weighted by Gasteiger charge is 2.41. The second-order valence-electron chi connectivity index (χ2n) is 3.92. The number of hydrogen-bond acceptors (Lipinski definition) is 5. The molecule has 1 aromatic rings. The molecule has 1 unspecified atom stereocenters. The van der Waals surface area contributed by atoms with Gasteiger partial charge in [0.2, 0.25) is 16.3 Å². The molecular formula is C10H11ClN2O5S. The molecule has 104 valence electrons. The topological polar surface area (TPSA) is 96.8 Å². The van der Waals surface area contributed by atoms with Gasteiger partial charge in [-0.05, 0) is 19.1 Å². The van der Waals surface area contributed by atoms with Gasteiger partial charge < -0.3 is 9.84 Å². The Balaban J connectivity index is 2.45. The second-order valence-corrected chi connectivity index (χ2v) is 6.14. The van der Waals surface area contributed by atoms with Crippen molar-refractivity contribution < 1.29 is 23.1 Å². The Kier molecular flexibility index (Phi) is 3.77. The monoisotopic (exact) mass is 306 g/mol. The highest BCUT2D eigenvalue weighted by atomic mass is 35.5. The van der Waals surface area contributed by atoms with Gasteiger partial charge in [-0.25, -0.2) is 18.2 Å². The maximum absolute atomic E-state index is 12.3. The van der Waals surface area contributed by atoms with Crippen LogP contribution in [0.2, 0.25) is 5.15 Å². The molecule has 19 heavy (non-hydrogen) atoms. The predicted octanol–water partition coefficient (Wildman–Crippen LogP) is 0.475. The molecule has 0 aliphatic carbocycles. The van der Waals surface area contributed by atoms with Gasteiger partial charge in [0.15, 0.2) is 0 Å². The summed E-state index contributed by atoms with van der Waals surface area (Å²) in [6, 6.07) is 2.79. The van der Waals surface area contributed by atoms with E-state index in [-0.39, 0.29) is 23.2 Å². The number of carboxylic acid groups (broad SMARTS) is 1. The third-order valence-electron chi connectivity index (χ3n) is 2.60. The zero-order valence-corrected chi connectivity index (χ0v) is 11.5. The summed E-state index contributed by atoms with van der Waals surface area (Å²) >= 11 is 5.81. The molecule has 1 aromatic heterocycles. The fraction of sp³-hybridized carbons (Fsp3) is 0.400. The third kappa shape index (κ3) is 2.57. The number of halogens is 1. The minimum atomic E-state index is -4.05. The van der Waals surface area contributed by atoms with E-state index in [1.165, 1.54) is 12.1 Å². The Hall–Kier alpha value is -1.22. The summed E-state index contributed by atoms with van der Waals surface area (Å²) in [5.41, 5.74) is 0.566. The zero-order valence-electron chi connectivity index (χ0n) is 9.91. The van der Waals surface area contributed by atoms with Gasteiger partial charge in [-0.2, -0.15) is 4.31 Å². The van der Waals surface area contributed by atoms with E-state index in [0.29, 0.717) is 5.69 Å². The number of carbonyl (C=O) groups is 1. The van der Waals surface area contributed by atoms with E-state index >= 15 is 0 Å². The molecule has 1 aliphatic heterocycles. The molecule has 1 N–H and O–H groups in total. The lowest BCUT2D eigenvalue weighted by molar-refractivity contribution is -0.151. The number of hydrogen-bond donors (Lipinski definition) is 1. The van der Waals surface area contributed by atoms with Gasteiger partial charge in [0.1, 0.15) is 10.0 Å². The standard InChI is InChI=1S/C10H11ClN2O5S/c1-6-2-3-7(8(11)12-6)19(16,17)13-4-5-18-9(13)10(14)15/h2-3,9H,4-5H2,1H3,(H,14,15). The third-order valence-corrected chi connectivity index (χ3v) is 4.88. The molecule has 0 radical (unpaired) electrons. The van der Waals surface area contributed by atoms with Gasteiger partial charge in [-0.1, -0.05) is 11.6 Å². The van der Waals surface area contributed by atoms with Crippen molar-refractivity contribution in [2.45, 2.75) is 18.0 Å². The maximum Gasteiger partial charge on any atom is 0.349 e. The fourth-order valence-electron chi connectivity index (χ4n) is 1.73. The van der Waals surface area contributed by atoms with Crippen molar-refractivity contribution in [3.05, 3.63) is 23.0 Å². The number of aliphatic carboxylic acids is 1. The quantitative estimate of drug-likeness (QED) is 0.816. The normalized spacial score (nSPS) is 20.6. The van der Waals surface area contributed by atoms with Crippen LogP contribution >= 0.6 is 11.6 Å². The Bertz CT molecular complexity index is 618. The number of nitrogens with zero attached hydrogens (tertiary/aromatic N) is 2. The van der Waals surface area contributed by atoms with E-state index in [1.807, 2.05) is 0 Å². The van der Waals surface area contributed by atoms with Gasteiger partial charge in [0.05, 0.1) is 6.61 Å². The number of aromatic nitrogens is 1. The van der Waals surface area contributed by atoms with Crippen LogP contribution in [0, 0.1) is 6.92 Å². The van der Waals surface area contributed by atoms with Crippen LogP contribution < -0.4 is 0 Å². The molecule has 0 amide bonds. The Morgan fingerprint density at radius 3 is 2.84 bits per heavy atom. The molecular weight excluding hydrogens is 296 g/mol. The van der Waals surface area contributed by atoms with Gasteiger partial charge in [0.25, 0.3) is 0 Å². The lowest BCUT2D eigenvalue weighted by Crippen LogP contribution is -2.41. The lowest BCUT2D eigenvalue weighted by atomic mass is 10.4. The average Bonchev–Trinajstić information content (AvgIpc) is 2.77. The first-order valence-electron chi connectivity index (χ1n) is 5.33. The van der Waals surface area contributed by atoms with Crippen LogP contribution in [-0.4, -0.2) is 48.2 Å². The fourth-order valence-corrected chi connectivity index (χ4v) is 3.68. The molecule has 2 rings (SSSR count). The molecule has 7 nitrogen and oxygen atoms in total. The molecule has 0 spiro atoms. The first-order valence-corrected chi connectivity index (χ1v) is 7.15. The summed E-state index contributed by atoms with van der Waals surface area (Å²) in [5, 5.41) is 8.74. The number of carboxylic acids is 1. The first kappa shape index (κ1) is 14.2. The van der Waals surface area contributed by atoms with Crippen LogP contribution in [-0.2, 0) is 19.6 Å². The maximum atomic E-state index is 12.3. The van der Waals surface area contributed by atoms with Crippen molar-refractivity contribution in [1.29, 1.82) is 0 Å². The molecule has 1 aliphatic rings. The summed E-state index contributed by atoms with van der Waals surface area (Å²) < 4.78 is 30.3. The van der Waals surface area contributed by atoms with Gasteiger partial charge in [0, 0.05) is 12.2 Å². The number of aryl methyl sites for hydroxylation is 1. The predicted molar refractivity (Wildman–Crippen MR) is 65.3 cm³/mol. The average molecular weight is 307 g/mol. The zero-order chi connectivity index (χ0) is 14.2. The SMILES string of the molecule is Cc1ccc(S(=O)(=O)N2CCOC2C(=O)O)c(Cl)n1. The minimum Gasteiger partial charge on any atom is -0.478 e. The lowest BCUT2D eigenvalue weighted by Gasteiger charge is -2.19. The van der Waals surface area contributed by atoms with E-state index < -0.39 is 22.2 Å². The van der Waals surface area contributed by atoms with Crippen molar-refractivity contribution >= 4 is 27.6 Å². The van der Waals surface area contributed by atoms with Crippen LogP contribution in [0.3, 0.4) is 0 Å². The molecule has 0 saturated carbocycles. The summed E-state index contributed by atoms with van der Waals surface area (Å²) in [6.07, 6.45) is -1.53. The molecule has 0 aromatic carbocycles. The van der Waals surface area contributed by atoms with Crippen molar-refractivity contribution in [3.63, 3.8) is 0 Å². The summed E-state index contributed by atoms with van der Waals surface area (Å²) in [7, 11) is -4.05. The first-order chi connectivity index (χ1) is 8.84. The van der Waals surface area contributed by atoms with E-state index in [9.17, 15) is 13.2 Å². The van der Waals surface area contributed by atoms with E-state index in [1.54, 1.807) is 6.92 Å². The molecule has 1 saturated heterocycles. The number of pyridine rings is 1. The van der Waals surface area contributed by atoms with E-state index in [0.717, 1.165) is 4.31 Å². The van der Waals surface area contributed by atoms with E-state index in [2.05, 4.69) is 4.98 Å². The Labute approximate surface area is 114 Å². The van der Waals surface area contributed by atoms with Crippen molar-refractivity contribution in [1.82, 2.24) is 9.29 Å². The second kappa shape index (κ2) is 5.04. The highest BCUT2D eigenvalue weighted by molar-refractivity contribution is 7.89. The van der Waals surface area contributed by atoms with Crippen LogP contribution in [0.1, 0.15) is 5.69 Å². The van der Waals surface area contributed by atoms with E-state index in [4.69, 9.17) is 21.4 Å². The van der Waals surface area contributed by atoms with Gasteiger partial charge in [-0.15, -0.1) is 0 Å². The van der Waals surface area contributed by atoms with Crippen LogP contribution in [0.25, 0.3) is 0 Å². The van der Waals surface area contributed by atoms with Crippen LogP contribution in [0.15, 0.2) is 17.0 Å². The largest absolute Gasteiger partial charge is 0.478 e. The molecule has 9 heteroatoms. The number of ether oxygens (including phenoxy) is 1. The van der Waals surface area contributed by atoms with Crippen molar-refractivity contribution in [2.75, 3.05) is 13.2 Å². The summed E-state index contributed by atoms with van der Waals surface area (Å²) in [4.78, 5) is 14.6. The van der Waals surface area contributed by atoms with Crippen molar-refractivity contribution in [3.8, 4) is 0 Å². The van der Waals surface area contributed by atoms with Gasteiger partial charge in [-0.3, -0.25) is 0 Å². The highest BCUT2D eigenvalue weighted by Crippen LogP contribution is 2.27. The molecule has 0 bridgehead atoms. The molecule has 1 fully saturated rings. The van der Waals surface area contributed by atoms with Crippen LogP contribution in [0.4, 0.5) is 0 Å². The Morgan fingerprint density at radius 1 is 1.58 bits per heavy atom. The summed E-state index contributed by atoms with van der Waals surface area (Å²) in [5.74, 6) is -1.36. The summed E-state index contributed by atoms with van der Waals surface area (Å²) in [6.45, 7) is 1.65. The smallest absolute Gasteiger partial charge is 0.349 e. The van der Waals surface area contributed by atoms with Gasteiger partial charge >= 0.3 is 5.97 Å². The molecule has 2 heterocycles. The number of rotatable bonds is 3. The number of sulfonamides is 1. The minimum absolute atomic E-state index is 0.0209. The Morgan fingerprint density at radius 2 is 2.26 bits per heavy atom. The van der Waals surface area contributed by atoms with Crippen molar-refractivity contribution in [2.24, 2.45) is 0 Å². The van der Waals surface area contributed by atoms with Crippen LogP contribution in [0.5, 0.6) is 0 Å². The molecule has 1 atom stereocenters.